The minimum Gasteiger partial charge on any atom is -0.380 e. The Labute approximate surface area is 142 Å². The molecule has 0 fully saturated rings. The lowest BCUT2D eigenvalue weighted by Gasteiger charge is -2.11. The predicted octanol–water partition coefficient (Wildman–Crippen LogP) is 6.49. The van der Waals surface area contributed by atoms with E-state index in [0.717, 1.165) is 27.8 Å². The normalized spacial score (nSPS) is 11.0. The SMILES string of the molecule is CCc1cc(Br)ccc1NCc1sc2ccccc2c1Cl. The molecule has 0 aliphatic heterocycles. The van der Waals surface area contributed by atoms with Crippen LogP contribution >= 0.6 is 38.9 Å². The number of hydrogen-bond acceptors (Lipinski definition) is 2. The highest BCUT2D eigenvalue weighted by Gasteiger charge is 2.10. The summed E-state index contributed by atoms with van der Waals surface area (Å²) in [6, 6.07) is 14.6. The van der Waals surface area contributed by atoms with E-state index in [1.54, 1.807) is 11.3 Å². The summed E-state index contributed by atoms with van der Waals surface area (Å²) in [6.45, 7) is 2.92. The quantitative estimate of drug-likeness (QED) is 0.545. The summed E-state index contributed by atoms with van der Waals surface area (Å²) in [5, 5.41) is 5.53. The molecular formula is C17H15BrClNS. The molecule has 2 aromatic carbocycles. The molecule has 1 heterocycles. The molecule has 1 aromatic heterocycles. The zero-order valence-corrected chi connectivity index (χ0v) is 14.8. The Balaban J connectivity index is 1.85. The van der Waals surface area contributed by atoms with Gasteiger partial charge in [-0.3, -0.25) is 0 Å². The van der Waals surface area contributed by atoms with Crippen LogP contribution in [0.2, 0.25) is 5.02 Å². The average Bonchev–Trinajstić information content (AvgIpc) is 2.83. The van der Waals surface area contributed by atoms with Crippen LogP contribution in [0.25, 0.3) is 10.1 Å². The Hall–Kier alpha value is -1.03. The van der Waals surface area contributed by atoms with E-state index in [1.165, 1.54) is 20.8 Å². The van der Waals surface area contributed by atoms with Gasteiger partial charge < -0.3 is 5.32 Å². The molecule has 21 heavy (non-hydrogen) atoms. The Morgan fingerprint density at radius 1 is 1.19 bits per heavy atom. The zero-order chi connectivity index (χ0) is 14.8. The Bertz CT molecular complexity index is 782. The molecule has 0 saturated carbocycles. The molecule has 108 valence electrons. The number of benzene rings is 2. The maximum atomic E-state index is 6.49. The maximum absolute atomic E-state index is 6.49. The first-order chi connectivity index (χ1) is 10.2. The predicted molar refractivity (Wildman–Crippen MR) is 97.7 cm³/mol. The van der Waals surface area contributed by atoms with Gasteiger partial charge in [0, 0.05) is 25.1 Å². The molecule has 0 amide bonds. The van der Waals surface area contributed by atoms with Crippen LogP contribution in [-0.4, -0.2) is 0 Å². The highest BCUT2D eigenvalue weighted by molar-refractivity contribution is 9.10. The van der Waals surface area contributed by atoms with Gasteiger partial charge in [0.05, 0.1) is 11.6 Å². The van der Waals surface area contributed by atoms with Crippen LogP contribution in [0.3, 0.4) is 0 Å². The van der Waals surface area contributed by atoms with E-state index in [-0.39, 0.29) is 0 Å². The van der Waals surface area contributed by atoms with Crippen molar-refractivity contribution in [1.82, 2.24) is 0 Å². The molecule has 0 bridgehead atoms. The van der Waals surface area contributed by atoms with Crippen LogP contribution in [0.1, 0.15) is 17.4 Å². The minimum atomic E-state index is 0.757. The fourth-order valence-corrected chi connectivity index (χ4v) is 4.23. The molecule has 0 unspecified atom stereocenters. The molecular weight excluding hydrogens is 366 g/mol. The number of aryl methyl sites for hydroxylation is 1. The summed E-state index contributed by atoms with van der Waals surface area (Å²) in [7, 11) is 0. The van der Waals surface area contributed by atoms with Gasteiger partial charge in [0.2, 0.25) is 0 Å². The van der Waals surface area contributed by atoms with Gasteiger partial charge in [-0.05, 0) is 36.2 Å². The Morgan fingerprint density at radius 3 is 2.76 bits per heavy atom. The van der Waals surface area contributed by atoms with Gasteiger partial charge in [-0.2, -0.15) is 0 Å². The van der Waals surface area contributed by atoms with Gasteiger partial charge in [-0.15, -0.1) is 11.3 Å². The molecule has 1 nitrogen and oxygen atoms in total. The van der Waals surface area contributed by atoms with Crippen LogP contribution in [0.5, 0.6) is 0 Å². The average molecular weight is 381 g/mol. The highest BCUT2D eigenvalue weighted by atomic mass is 79.9. The van der Waals surface area contributed by atoms with Gasteiger partial charge in [0.1, 0.15) is 0 Å². The zero-order valence-electron chi connectivity index (χ0n) is 11.6. The first-order valence-corrected chi connectivity index (χ1v) is 8.86. The van der Waals surface area contributed by atoms with Crippen molar-refractivity contribution < 1.29 is 0 Å². The summed E-state index contributed by atoms with van der Waals surface area (Å²) in [6.07, 6.45) is 1.00. The van der Waals surface area contributed by atoms with Crippen molar-refractivity contribution in [3.63, 3.8) is 0 Å². The van der Waals surface area contributed by atoms with E-state index in [4.69, 9.17) is 11.6 Å². The Kier molecular flexibility index (Phi) is 4.53. The van der Waals surface area contributed by atoms with Crippen molar-refractivity contribution in [2.45, 2.75) is 19.9 Å². The molecule has 0 radical (unpaired) electrons. The van der Waals surface area contributed by atoms with Crippen molar-refractivity contribution in [3.05, 3.63) is 62.4 Å². The summed E-state index contributed by atoms with van der Waals surface area (Å²) >= 11 is 11.8. The molecule has 4 heteroatoms. The first kappa shape index (κ1) is 14.9. The molecule has 3 aromatic rings. The second kappa shape index (κ2) is 6.39. The minimum absolute atomic E-state index is 0.757. The second-order valence-corrected chi connectivity index (χ2v) is 7.27. The Morgan fingerprint density at radius 2 is 2.00 bits per heavy atom. The molecule has 0 saturated heterocycles. The monoisotopic (exact) mass is 379 g/mol. The fraction of sp³-hybridized carbons (Fsp3) is 0.176. The summed E-state index contributed by atoms with van der Waals surface area (Å²) < 4.78 is 2.36. The summed E-state index contributed by atoms with van der Waals surface area (Å²) in [5.74, 6) is 0. The van der Waals surface area contributed by atoms with Gasteiger partial charge >= 0.3 is 0 Å². The number of thiophene rings is 1. The molecule has 0 atom stereocenters. The fourth-order valence-electron chi connectivity index (χ4n) is 2.38. The number of anilines is 1. The molecule has 0 aliphatic rings. The lowest BCUT2D eigenvalue weighted by molar-refractivity contribution is 1.10. The molecule has 1 N–H and O–H groups in total. The van der Waals surface area contributed by atoms with E-state index in [2.05, 4.69) is 64.6 Å². The molecule has 0 spiro atoms. The van der Waals surface area contributed by atoms with Crippen LogP contribution in [-0.2, 0) is 13.0 Å². The van der Waals surface area contributed by atoms with Crippen LogP contribution < -0.4 is 5.32 Å². The lowest BCUT2D eigenvalue weighted by atomic mass is 10.1. The van der Waals surface area contributed by atoms with Crippen molar-refractivity contribution in [1.29, 1.82) is 0 Å². The van der Waals surface area contributed by atoms with Crippen LogP contribution in [0.15, 0.2) is 46.9 Å². The van der Waals surface area contributed by atoms with Crippen molar-refractivity contribution in [3.8, 4) is 0 Å². The largest absolute Gasteiger partial charge is 0.380 e. The van der Waals surface area contributed by atoms with E-state index >= 15 is 0 Å². The van der Waals surface area contributed by atoms with Crippen molar-refractivity contribution >= 4 is 54.6 Å². The number of fused-ring (bicyclic) bond motifs is 1. The first-order valence-electron chi connectivity index (χ1n) is 6.87. The van der Waals surface area contributed by atoms with Gasteiger partial charge in [0.25, 0.3) is 0 Å². The summed E-state index contributed by atoms with van der Waals surface area (Å²) in [5.41, 5.74) is 2.48. The number of nitrogens with one attached hydrogen (secondary N) is 1. The lowest BCUT2D eigenvalue weighted by Crippen LogP contribution is -2.01. The van der Waals surface area contributed by atoms with E-state index in [0.29, 0.717) is 0 Å². The number of hydrogen-bond donors (Lipinski definition) is 1. The third-order valence-corrected chi connectivity index (χ3v) is 5.70. The van der Waals surface area contributed by atoms with Crippen molar-refractivity contribution in [2.24, 2.45) is 0 Å². The standard InChI is InChI=1S/C17H15BrClNS/c1-2-11-9-12(18)7-8-14(11)20-10-16-17(19)13-5-3-4-6-15(13)21-16/h3-9,20H,2,10H2,1H3. The highest BCUT2D eigenvalue weighted by Crippen LogP contribution is 2.35. The second-order valence-electron chi connectivity index (χ2n) is 4.84. The maximum Gasteiger partial charge on any atom is 0.0642 e. The third-order valence-electron chi connectivity index (χ3n) is 3.49. The molecule has 3 rings (SSSR count). The topological polar surface area (TPSA) is 12.0 Å². The third kappa shape index (κ3) is 3.10. The van der Waals surface area contributed by atoms with Crippen molar-refractivity contribution in [2.75, 3.05) is 5.32 Å². The molecule has 0 aliphatic carbocycles. The van der Waals surface area contributed by atoms with Crippen LogP contribution in [0, 0.1) is 0 Å². The number of halogens is 2. The van der Waals surface area contributed by atoms with Gasteiger partial charge in [0.15, 0.2) is 0 Å². The van der Waals surface area contributed by atoms with E-state index in [9.17, 15) is 0 Å². The van der Waals surface area contributed by atoms with E-state index in [1.807, 2.05) is 6.07 Å². The van der Waals surface area contributed by atoms with Gasteiger partial charge in [-0.1, -0.05) is 52.7 Å². The smallest absolute Gasteiger partial charge is 0.0642 e. The van der Waals surface area contributed by atoms with Crippen LogP contribution in [0.4, 0.5) is 5.69 Å². The van der Waals surface area contributed by atoms with E-state index < -0.39 is 0 Å². The summed E-state index contributed by atoms with van der Waals surface area (Å²) in [4.78, 5) is 1.18. The van der Waals surface area contributed by atoms with Gasteiger partial charge in [-0.25, -0.2) is 0 Å². The number of rotatable bonds is 4.